The van der Waals surface area contributed by atoms with E-state index in [1.807, 2.05) is 41.8 Å². The van der Waals surface area contributed by atoms with Crippen molar-refractivity contribution < 1.29 is 9.53 Å². The number of fused-ring (bicyclic) bond motifs is 1. The molecule has 4 rings (SSSR count). The fourth-order valence-electron chi connectivity index (χ4n) is 2.47. The van der Waals surface area contributed by atoms with E-state index < -0.39 is 0 Å². The number of thiophene rings is 1. The second-order valence-corrected chi connectivity index (χ2v) is 6.55. The molecule has 4 aromatic rings. The topological polar surface area (TPSA) is 89.9 Å². The standard InChI is InChI=1S/C19H15N5O2S/c25-16(12-26-11-13-4-3-7-20-10-13)22-17-14-6-9-27-19(14)24-18(23-17)15-5-1-2-8-21-15/h1-10H,11-12H2,(H,22,23,24,25). The van der Waals surface area contributed by atoms with Crippen molar-refractivity contribution in [3.05, 3.63) is 65.9 Å². The highest BCUT2D eigenvalue weighted by atomic mass is 32.1. The predicted octanol–water partition coefficient (Wildman–Crippen LogP) is 3.30. The van der Waals surface area contributed by atoms with Gasteiger partial charge >= 0.3 is 0 Å². The number of amides is 1. The number of hydrogen-bond acceptors (Lipinski definition) is 7. The molecular weight excluding hydrogens is 362 g/mol. The first-order valence-corrected chi connectivity index (χ1v) is 9.11. The molecule has 0 bridgehead atoms. The monoisotopic (exact) mass is 377 g/mol. The second kappa shape index (κ2) is 7.98. The van der Waals surface area contributed by atoms with E-state index in [4.69, 9.17) is 4.74 Å². The lowest BCUT2D eigenvalue weighted by molar-refractivity contribution is -0.121. The lowest BCUT2D eigenvalue weighted by atomic mass is 10.3. The zero-order valence-corrected chi connectivity index (χ0v) is 15.0. The molecule has 8 heteroatoms. The Labute approximate surface area is 159 Å². The highest BCUT2D eigenvalue weighted by Gasteiger charge is 2.13. The SMILES string of the molecule is O=C(COCc1cccnc1)Nc1nc(-c2ccccn2)nc2sccc12. The van der Waals surface area contributed by atoms with Crippen LogP contribution in [0.2, 0.25) is 0 Å². The molecule has 0 aliphatic rings. The number of ether oxygens (including phenoxy) is 1. The summed E-state index contributed by atoms with van der Waals surface area (Å²) in [7, 11) is 0. The summed E-state index contributed by atoms with van der Waals surface area (Å²) >= 11 is 1.48. The lowest BCUT2D eigenvalue weighted by Crippen LogP contribution is -2.19. The maximum absolute atomic E-state index is 12.3. The van der Waals surface area contributed by atoms with Gasteiger partial charge in [0.05, 0.1) is 12.0 Å². The molecule has 4 heterocycles. The molecule has 4 aromatic heterocycles. The third-order valence-electron chi connectivity index (χ3n) is 3.70. The van der Waals surface area contributed by atoms with E-state index in [0.717, 1.165) is 15.8 Å². The fourth-order valence-corrected chi connectivity index (χ4v) is 3.24. The number of pyridine rings is 2. The van der Waals surface area contributed by atoms with E-state index in [0.29, 0.717) is 23.9 Å². The van der Waals surface area contributed by atoms with E-state index in [1.54, 1.807) is 18.6 Å². The Balaban J connectivity index is 1.49. The van der Waals surface area contributed by atoms with Crippen LogP contribution in [-0.2, 0) is 16.1 Å². The molecule has 0 aliphatic carbocycles. The van der Waals surface area contributed by atoms with E-state index in [-0.39, 0.29) is 12.5 Å². The first-order chi connectivity index (χ1) is 13.3. The molecule has 134 valence electrons. The van der Waals surface area contributed by atoms with Gasteiger partial charge in [0.1, 0.15) is 22.9 Å². The number of nitrogens with zero attached hydrogens (tertiary/aromatic N) is 4. The molecule has 0 fully saturated rings. The van der Waals surface area contributed by atoms with Gasteiger partial charge in [0.25, 0.3) is 5.91 Å². The van der Waals surface area contributed by atoms with E-state index in [9.17, 15) is 4.79 Å². The minimum atomic E-state index is -0.280. The number of anilines is 1. The molecule has 0 atom stereocenters. The summed E-state index contributed by atoms with van der Waals surface area (Å²) in [5.74, 6) is 0.645. The van der Waals surface area contributed by atoms with Gasteiger partial charge in [0.2, 0.25) is 0 Å². The summed E-state index contributed by atoms with van der Waals surface area (Å²) in [4.78, 5) is 30.4. The smallest absolute Gasteiger partial charge is 0.251 e. The van der Waals surface area contributed by atoms with Crippen LogP contribution in [-0.4, -0.2) is 32.4 Å². The van der Waals surface area contributed by atoms with Crippen molar-refractivity contribution in [1.29, 1.82) is 0 Å². The van der Waals surface area contributed by atoms with Crippen molar-refractivity contribution in [2.75, 3.05) is 11.9 Å². The van der Waals surface area contributed by atoms with Crippen LogP contribution in [0.25, 0.3) is 21.7 Å². The molecular formula is C19H15N5O2S. The predicted molar refractivity (Wildman–Crippen MR) is 103 cm³/mol. The molecule has 0 saturated carbocycles. The molecule has 0 aromatic carbocycles. The van der Waals surface area contributed by atoms with Crippen LogP contribution in [0.4, 0.5) is 5.82 Å². The molecule has 0 saturated heterocycles. The first-order valence-electron chi connectivity index (χ1n) is 8.23. The Morgan fingerprint density at radius 1 is 1.11 bits per heavy atom. The van der Waals surface area contributed by atoms with Crippen LogP contribution in [0.5, 0.6) is 0 Å². The number of carbonyl (C=O) groups excluding carboxylic acids is 1. The van der Waals surface area contributed by atoms with Crippen molar-refractivity contribution in [2.24, 2.45) is 0 Å². The van der Waals surface area contributed by atoms with E-state index >= 15 is 0 Å². The minimum absolute atomic E-state index is 0.0799. The minimum Gasteiger partial charge on any atom is -0.367 e. The molecule has 1 amide bonds. The normalized spacial score (nSPS) is 10.8. The summed E-state index contributed by atoms with van der Waals surface area (Å²) in [6, 6.07) is 11.1. The van der Waals surface area contributed by atoms with Gasteiger partial charge in [-0.05, 0) is 35.2 Å². The number of hydrogen-bond donors (Lipinski definition) is 1. The number of nitrogens with one attached hydrogen (secondary N) is 1. The second-order valence-electron chi connectivity index (χ2n) is 5.65. The van der Waals surface area contributed by atoms with Crippen LogP contribution in [0.3, 0.4) is 0 Å². The average Bonchev–Trinajstić information content (AvgIpc) is 3.18. The Morgan fingerprint density at radius 3 is 2.89 bits per heavy atom. The van der Waals surface area contributed by atoms with Gasteiger partial charge in [-0.2, -0.15) is 0 Å². The summed E-state index contributed by atoms with van der Waals surface area (Å²) in [6.07, 6.45) is 5.08. The van der Waals surface area contributed by atoms with Crippen LogP contribution in [0.15, 0.2) is 60.4 Å². The molecule has 1 N–H and O–H groups in total. The number of carbonyl (C=O) groups is 1. The van der Waals surface area contributed by atoms with Gasteiger partial charge < -0.3 is 10.1 Å². The summed E-state index contributed by atoms with van der Waals surface area (Å²) in [5.41, 5.74) is 1.56. The van der Waals surface area contributed by atoms with Crippen LogP contribution in [0.1, 0.15) is 5.56 Å². The molecule has 0 spiro atoms. The van der Waals surface area contributed by atoms with Gasteiger partial charge in [-0.25, -0.2) is 9.97 Å². The van der Waals surface area contributed by atoms with Gasteiger partial charge in [-0.3, -0.25) is 14.8 Å². The largest absolute Gasteiger partial charge is 0.367 e. The molecule has 27 heavy (non-hydrogen) atoms. The van der Waals surface area contributed by atoms with Crippen molar-refractivity contribution in [3.8, 4) is 11.5 Å². The molecule has 0 unspecified atom stereocenters. The van der Waals surface area contributed by atoms with Crippen LogP contribution < -0.4 is 5.32 Å². The fraction of sp³-hybridized carbons (Fsp3) is 0.105. The van der Waals surface area contributed by atoms with E-state index in [1.165, 1.54) is 11.3 Å². The highest BCUT2D eigenvalue weighted by Crippen LogP contribution is 2.27. The molecule has 7 nitrogen and oxygen atoms in total. The summed E-state index contributed by atoms with van der Waals surface area (Å²) < 4.78 is 5.46. The number of aromatic nitrogens is 4. The first kappa shape index (κ1) is 17.2. The number of rotatable bonds is 6. The third kappa shape index (κ3) is 4.13. The summed E-state index contributed by atoms with van der Waals surface area (Å²) in [6.45, 7) is 0.238. The maximum Gasteiger partial charge on any atom is 0.251 e. The zero-order valence-electron chi connectivity index (χ0n) is 14.2. The van der Waals surface area contributed by atoms with Gasteiger partial charge in [0.15, 0.2) is 5.82 Å². The van der Waals surface area contributed by atoms with Crippen molar-refractivity contribution in [2.45, 2.75) is 6.61 Å². The lowest BCUT2D eigenvalue weighted by Gasteiger charge is -2.08. The maximum atomic E-state index is 12.3. The Morgan fingerprint density at radius 2 is 2.07 bits per heavy atom. The van der Waals surface area contributed by atoms with Crippen LogP contribution in [0, 0.1) is 0 Å². The van der Waals surface area contributed by atoms with Gasteiger partial charge in [-0.1, -0.05) is 12.1 Å². The summed E-state index contributed by atoms with van der Waals surface area (Å²) in [5, 5.41) is 5.52. The highest BCUT2D eigenvalue weighted by molar-refractivity contribution is 7.16. The van der Waals surface area contributed by atoms with E-state index in [2.05, 4.69) is 25.3 Å². The third-order valence-corrected chi connectivity index (χ3v) is 4.51. The van der Waals surface area contributed by atoms with Gasteiger partial charge in [0, 0.05) is 18.6 Å². The zero-order chi connectivity index (χ0) is 18.5. The van der Waals surface area contributed by atoms with Crippen molar-refractivity contribution >= 4 is 33.3 Å². The van der Waals surface area contributed by atoms with Gasteiger partial charge in [-0.15, -0.1) is 11.3 Å². The molecule has 0 aliphatic heterocycles. The van der Waals surface area contributed by atoms with Crippen LogP contribution >= 0.6 is 11.3 Å². The Kier molecular flexibility index (Phi) is 5.08. The quantitative estimate of drug-likeness (QED) is 0.554. The Hall–Kier alpha value is -3.23. The van der Waals surface area contributed by atoms with Crippen molar-refractivity contribution in [1.82, 2.24) is 19.9 Å². The Bertz CT molecular complexity index is 1050. The average molecular weight is 377 g/mol. The molecule has 0 radical (unpaired) electrons. The van der Waals surface area contributed by atoms with Crippen molar-refractivity contribution in [3.63, 3.8) is 0 Å².